The van der Waals surface area contributed by atoms with Crippen LogP contribution in [0.1, 0.15) is 12.5 Å². The van der Waals surface area contributed by atoms with Gasteiger partial charge < -0.3 is 14.8 Å². The molecule has 7 heteroatoms. The van der Waals surface area contributed by atoms with E-state index in [0.29, 0.717) is 28.0 Å². The second-order valence-corrected chi connectivity index (χ2v) is 6.21. The molecular formula is C21H18ClN3O3. The van der Waals surface area contributed by atoms with Crippen LogP contribution in [0.4, 0.5) is 5.82 Å². The zero-order valence-electron chi connectivity index (χ0n) is 15.4. The van der Waals surface area contributed by atoms with Crippen molar-refractivity contribution in [1.29, 1.82) is 0 Å². The molecule has 0 saturated carbocycles. The van der Waals surface area contributed by atoms with Crippen molar-refractivity contribution in [1.82, 2.24) is 9.78 Å². The van der Waals surface area contributed by atoms with Gasteiger partial charge in [0.05, 0.1) is 25.4 Å². The quantitative estimate of drug-likeness (QED) is 0.639. The van der Waals surface area contributed by atoms with Gasteiger partial charge in [-0.2, -0.15) is 5.10 Å². The molecule has 1 heterocycles. The summed E-state index contributed by atoms with van der Waals surface area (Å²) < 4.78 is 12.3. The Balaban J connectivity index is 1.78. The number of nitrogens with zero attached hydrogens (tertiary/aromatic N) is 2. The average Bonchev–Trinajstić information content (AvgIpc) is 3.16. The predicted molar refractivity (Wildman–Crippen MR) is 108 cm³/mol. The fraction of sp³-hybridized carbons (Fsp3) is 0.143. The van der Waals surface area contributed by atoms with Crippen molar-refractivity contribution in [2.45, 2.75) is 13.3 Å². The van der Waals surface area contributed by atoms with E-state index in [4.69, 9.17) is 21.1 Å². The Labute approximate surface area is 168 Å². The smallest absolute Gasteiger partial charge is 0.229 e. The van der Waals surface area contributed by atoms with Crippen molar-refractivity contribution >= 4 is 23.3 Å². The molecule has 0 radical (unpaired) electrons. The van der Waals surface area contributed by atoms with Gasteiger partial charge in [0.15, 0.2) is 11.5 Å². The van der Waals surface area contributed by atoms with E-state index < -0.39 is 0 Å². The maximum Gasteiger partial charge on any atom is 0.229 e. The molecule has 0 spiro atoms. The number of anilines is 1. The third-order valence-electron chi connectivity index (χ3n) is 3.84. The zero-order chi connectivity index (χ0) is 19.9. The molecule has 0 aliphatic heterocycles. The van der Waals surface area contributed by atoms with E-state index in [1.54, 1.807) is 61.3 Å². The number of ether oxygens (including phenoxy) is 2. The van der Waals surface area contributed by atoms with Crippen LogP contribution in [0.5, 0.6) is 11.5 Å². The molecule has 28 heavy (non-hydrogen) atoms. The normalized spacial score (nSPS) is 9.96. The topological polar surface area (TPSA) is 65.4 Å². The van der Waals surface area contributed by atoms with Gasteiger partial charge in [0.2, 0.25) is 5.91 Å². The Bertz CT molecular complexity index is 1030. The first-order valence-electron chi connectivity index (χ1n) is 8.46. The van der Waals surface area contributed by atoms with Crippen molar-refractivity contribution in [3.63, 3.8) is 0 Å². The van der Waals surface area contributed by atoms with E-state index in [1.807, 2.05) is 12.1 Å². The molecule has 0 fully saturated rings. The summed E-state index contributed by atoms with van der Waals surface area (Å²) >= 11 is 5.88. The average molecular weight is 396 g/mol. The largest absolute Gasteiger partial charge is 0.493 e. The number of hydrogen-bond acceptors (Lipinski definition) is 4. The molecule has 0 atom stereocenters. The summed E-state index contributed by atoms with van der Waals surface area (Å²) in [5.41, 5.74) is 1.58. The highest BCUT2D eigenvalue weighted by Crippen LogP contribution is 2.30. The first-order valence-corrected chi connectivity index (χ1v) is 8.84. The molecule has 0 bridgehead atoms. The lowest BCUT2D eigenvalue weighted by atomic mass is 10.1. The van der Waals surface area contributed by atoms with E-state index in [9.17, 15) is 4.79 Å². The van der Waals surface area contributed by atoms with E-state index in [0.717, 1.165) is 5.56 Å². The van der Waals surface area contributed by atoms with Gasteiger partial charge in [-0.3, -0.25) is 4.79 Å². The van der Waals surface area contributed by atoms with Gasteiger partial charge >= 0.3 is 0 Å². The molecule has 1 aromatic heterocycles. The summed E-state index contributed by atoms with van der Waals surface area (Å²) in [6.45, 7) is 1.68. The Morgan fingerprint density at radius 3 is 2.68 bits per heavy atom. The molecule has 1 amide bonds. The number of rotatable bonds is 6. The van der Waals surface area contributed by atoms with Crippen LogP contribution >= 0.6 is 11.6 Å². The third kappa shape index (κ3) is 4.64. The van der Waals surface area contributed by atoms with Gasteiger partial charge in [0, 0.05) is 24.1 Å². The molecule has 6 nitrogen and oxygen atoms in total. The third-order valence-corrected chi connectivity index (χ3v) is 4.09. The summed E-state index contributed by atoms with van der Waals surface area (Å²) in [5, 5.41) is 7.79. The first kappa shape index (κ1) is 19.3. The van der Waals surface area contributed by atoms with Crippen molar-refractivity contribution in [2.24, 2.45) is 0 Å². The van der Waals surface area contributed by atoms with Gasteiger partial charge in [-0.1, -0.05) is 29.7 Å². The van der Waals surface area contributed by atoms with Crippen molar-refractivity contribution < 1.29 is 14.3 Å². The zero-order valence-corrected chi connectivity index (χ0v) is 16.2. The van der Waals surface area contributed by atoms with Gasteiger partial charge in [-0.15, -0.1) is 0 Å². The Morgan fingerprint density at radius 2 is 1.96 bits per heavy atom. The number of nitrogens with one attached hydrogen (secondary N) is 1. The summed E-state index contributed by atoms with van der Waals surface area (Å²) in [5.74, 6) is 4.06. The summed E-state index contributed by atoms with van der Waals surface area (Å²) in [6.07, 6.45) is 4.38. The number of aromatic nitrogens is 2. The van der Waals surface area contributed by atoms with Gasteiger partial charge in [-0.25, -0.2) is 4.68 Å². The lowest BCUT2D eigenvalue weighted by molar-refractivity contribution is -0.115. The van der Waals surface area contributed by atoms with Crippen LogP contribution in [0.15, 0.2) is 54.7 Å². The van der Waals surface area contributed by atoms with Crippen LogP contribution < -0.4 is 14.8 Å². The number of carbonyl (C=O) groups excluding carboxylic acids is 1. The lowest BCUT2D eigenvalue weighted by Gasteiger charge is -2.12. The highest BCUT2D eigenvalue weighted by molar-refractivity contribution is 6.30. The van der Waals surface area contributed by atoms with E-state index in [-0.39, 0.29) is 12.3 Å². The standard InChI is InChI=1S/C21H18ClN3O3/c1-3-12-28-18-9-8-17(14-19(18)27-2)25-20(10-11-23-25)24-21(26)13-15-4-6-16(22)7-5-15/h4-11,14H,13H2,1-2H3,(H,24,26). The predicted octanol–water partition coefficient (Wildman–Crippen LogP) is 4.08. The summed E-state index contributed by atoms with van der Waals surface area (Å²) in [6, 6.07) is 14.2. The Kier molecular flexibility index (Phi) is 6.20. The minimum Gasteiger partial charge on any atom is -0.493 e. The number of benzene rings is 2. The van der Waals surface area contributed by atoms with E-state index in [1.165, 1.54) is 0 Å². The van der Waals surface area contributed by atoms with E-state index >= 15 is 0 Å². The molecule has 0 saturated heterocycles. The number of methoxy groups -OCH3 is 1. The van der Waals surface area contributed by atoms with Crippen molar-refractivity contribution in [3.05, 3.63) is 65.3 Å². The Hall–Kier alpha value is -3.43. The van der Waals surface area contributed by atoms with Gasteiger partial charge in [0.1, 0.15) is 11.9 Å². The molecule has 0 aliphatic carbocycles. The maximum atomic E-state index is 12.4. The molecular weight excluding hydrogens is 378 g/mol. The maximum absolute atomic E-state index is 12.4. The SMILES string of the molecule is CC#COc1ccc(-n2nccc2NC(=O)Cc2ccc(Cl)cc2)cc1OC. The van der Waals surface area contributed by atoms with Crippen molar-refractivity contribution in [2.75, 3.05) is 12.4 Å². The fourth-order valence-corrected chi connectivity index (χ4v) is 2.68. The first-order chi connectivity index (χ1) is 13.6. The molecule has 1 N–H and O–H groups in total. The highest BCUT2D eigenvalue weighted by Gasteiger charge is 2.12. The number of halogens is 1. The van der Waals surface area contributed by atoms with Crippen molar-refractivity contribution in [3.8, 4) is 29.2 Å². The molecule has 3 aromatic rings. The number of carbonyl (C=O) groups is 1. The monoisotopic (exact) mass is 395 g/mol. The number of hydrogen-bond donors (Lipinski definition) is 1. The minimum atomic E-state index is -0.158. The molecule has 2 aromatic carbocycles. The van der Waals surface area contributed by atoms with Crippen LogP contribution in [0.3, 0.4) is 0 Å². The van der Waals surface area contributed by atoms with Gasteiger partial charge in [-0.05, 0) is 29.8 Å². The van der Waals surface area contributed by atoms with E-state index in [2.05, 4.69) is 22.4 Å². The fourth-order valence-electron chi connectivity index (χ4n) is 2.56. The van der Waals surface area contributed by atoms with Crippen LogP contribution in [-0.2, 0) is 11.2 Å². The van der Waals surface area contributed by atoms with Crippen LogP contribution in [0, 0.1) is 12.0 Å². The van der Waals surface area contributed by atoms with Crippen LogP contribution in [0.2, 0.25) is 5.02 Å². The van der Waals surface area contributed by atoms with Gasteiger partial charge in [0.25, 0.3) is 0 Å². The Morgan fingerprint density at radius 1 is 1.18 bits per heavy atom. The molecule has 0 aliphatic rings. The summed E-state index contributed by atoms with van der Waals surface area (Å²) in [7, 11) is 1.54. The van der Waals surface area contributed by atoms with Crippen LogP contribution in [-0.4, -0.2) is 22.8 Å². The minimum absolute atomic E-state index is 0.158. The molecule has 3 rings (SSSR count). The summed E-state index contributed by atoms with van der Waals surface area (Å²) in [4.78, 5) is 12.4. The highest BCUT2D eigenvalue weighted by atomic mass is 35.5. The molecule has 142 valence electrons. The molecule has 0 unspecified atom stereocenters. The lowest BCUT2D eigenvalue weighted by Crippen LogP contribution is -2.17. The second-order valence-electron chi connectivity index (χ2n) is 5.77. The van der Waals surface area contributed by atoms with Crippen LogP contribution in [0.25, 0.3) is 5.69 Å². The number of amides is 1. The second kappa shape index (κ2) is 8.98.